The monoisotopic (exact) mass is 339 g/mol. The number of amides is 2. The zero-order valence-corrected chi connectivity index (χ0v) is 14.1. The van der Waals surface area contributed by atoms with E-state index >= 15 is 0 Å². The molecule has 2 fully saturated rings. The maximum Gasteiger partial charge on any atom is 0.320 e. The van der Waals surface area contributed by atoms with Gasteiger partial charge in [-0.2, -0.15) is 0 Å². The van der Waals surface area contributed by atoms with Crippen LogP contribution in [0, 0.1) is 5.82 Å². The number of piperazine rings is 1. The van der Waals surface area contributed by atoms with Gasteiger partial charge in [-0.05, 0) is 23.3 Å². The van der Waals surface area contributed by atoms with Crippen molar-refractivity contribution in [2.24, 2.45) is 0 Å². The molecule has 0 aliphatic carbocycles. The summed E-state index contributed by atoms with van der Waals surface area (Å²) in [6.07, 6.45) is 0. The first-order valence-electron chi connectivity index (χ1n) is 8.75. The van der Waals surface area contributed by atoms with E-state index in [-0.39, 0.29) is 17.9 Å². The summed E-state index contributed by atoms with van der Waals surface area (Å²) in [5.74, 6) is -0.245. The van der Waals surface area contributed by atoms with E-state index in [2.05, 4.69) is 29.2 Å². The van der Waals surface area contributed by atoms with Crippen LogP contribution in [0.5, 0.6) is 0 Å². The van der Waals surface area contributed by atoms with Crippen molar-refractivity contribution < 1.29 is 9.18 Å². The fourth-order valence-corrected chi connectivity index (χ4v) is 3.77. The highest BCUT2D eigenvalue weighted by Crippen LogP contribution is 2.23. The van der Waals surface area contributed by atoms with Crippen LogP contribution in [0.15, 0.2) is 54.6 Å². The number of hydrogen-bond acceptors (Lipinski definition) is 2. The summed E-state index contributed by atoms with van der Waals surface area (Å²) in [5, 5.41) is 0. The van der Waals surface area contributed by atoms with Gasteiger partial charge in [0.05, 0.1) is 6.04 Å². The van der Waals surface area contributed by atoms with Crippen molar-refractivity contribution >= 4 is 6.03 Å². The van der Waals surface area contributed by atoms with Crippen LogP contribution < -0.4 is 0 Å². The molecule has 0 saturated carbocycles. The highest BCUT2D eigenvalue weighted by molar-refractivity contribution is 5.77. The van der Waals surface area contributed by atoms with E-state index in [4.69, 9.17) is 0 Å². The molecule has 2 saturated heterocycles. The van der Waals surface area contributed by atoms with Crippen LogP contribution in [0.25, 0.3) is 0 Å². The van der Waals surface area contributed by atoms with Gasteiger partial charge in [-0.25, -0.2) is 9.18 Å². The predicted octanol–water partition coefficient (Wildman–Crippen LogP) is 2.95. The third-order valence-corrected chi connectivity index (χ3v) is 5.05. The Kier molecular flexibility index (Phi) is 4.40. The van der Waals surface area contributed by atoms with Crippen molar-refractivity contribution in [2.45, 2.75) is 19.1 Å². The van der Waals surface area contributed by atoms with Gasteiger partial charge in [0.1, 0.15) is 5.82 Å². The maximum atomic E-state index is 13.0. The van der Waals surface area contributed by atoms with Gasteiger partial charge in [0.15, 0.2) is 0 Å². The predicted molar refractivity (Wildman–Crippen MR) is 94.4 cm³/mol. The average molecular weight is 339 g/mol. The van der Waals surface area contributed by atoms with Gasteiger partial charge < -0.3 is 9.80 Å². The Morgan fingerprint density at radius 1 is 0.880 bits per heavy atom. The molecule has 25 heavy (non-hydrogen) atoms. The third kappa shape index (κ3) is 3.51. The lowest BCUT2D eigenvalue weighted by Gasteiger charge is -2.36. The van der Waals surface area contributed by atoms with E-state index in [9.17, 15) is 9.18 Å². The summed E-state index contributed by atoms with van der Waals surface area (Å²) in [6, 6.07) is 17.2. The Morgan fingerprint density at radius 3 is 2.36 bits per heavy atom. The summed E-state index contributed by atoms with van der Waals surface area (Å²) in [4.78, 5) is 18.9. The number of benzene rings is 2. The van der Waals surface area contributed by atoms with Gasteiger partial charge in [0, 0.05) is 39.3 Å². The number of carbonyl (C=O) groups is 1. The minimum atomic E-state index is -0.245. The molecule has 4 rings (SSSR count). The topological polar surface area (TPSA) is 26.8 Å². The first-order valence-corrected chi connectivity index (χ1v) is 8.75. The highest BCUT2D eigenvalue weighted by Gasteiger charge is 2.40. The fourth-order valence-electron chi connectivity index (χ4n) is 3.77. The fraction of sp³-hybridized carbons (Fsp3) is 0.350. The molecule has 0 bridgehead atoms. The quantitative estimate of drug-likeness (QED) is 0.856. The molecular weight excluding hydrogens is 317 g/mol. The molecule has 0 radical (unpaired) electrons. The van der Waals surface area contributed by atoms with Crippen LogP contribution >= 0.6 is 0 Å². The van der Waals surface area contributed by atoms with Gasteiger partial charge in [-0.1, -0.05) is 42.5 Å². The lowest BCUT2D eigenvalue weighted by molar-refractivity contribution is 0.116. The van der Waals surface area contributed by atoms with E-state index in [1.54, 1.807) is 12.1 Å². The summed E-state index contributed by atoms with van der Waals surface area (Å²) < 4.78 is 13.0. The van der Waals surface area contributed by atoms with Crippen molar-refractivity contribution in [2.75, 3.05) is 26.2 Å². The van der Waals surface area contributed by atoms with Crippen LogP contribution in [0.2, 0.25) is 0 Å². The molecule has 5 heteroatoms. The van der Waals surface area contributed by atoms with Gasteiger partial charge in [-0.3, -0.25) is 4.90 Å². The number of rotatable bonds is 4. The third-order valence-electron chi connectivity index (χ3n) is 5.05. The van der Waals surface area contributed by atoms with Gasteiger partial charge in [0.2, 0.25) is 0 Å². The second-order valence-electron chi connectivity index (χ2n) is 6.86. The Morgan fingerprint density at radius 2 is 1.60 bits per heavy atom. The normalized spacial score (nSPS) is 20.8. The van der Waals surface area contributed by atoms with Crippen LogP contribution in [0.3, 0.4) is 0 Å². The van der Waals surface area contributed by atoms with Crippen LogP contribution in [-0.2, 0) is 13.1 Å². The smallest absolute Gasteiger partial charge is 0.318 e. The van der Waals surface area contributed by atoms with Crippen molar-refractivity contribution in [3.63, 3.8) is 0 Å². The minimum Gasteiger partial charge on any atom is -0.318 e. The molecular formula is C20H22FN3O. The molecule has 2 amide bonds. The van der Waals surface area contributed by atoms with Gasteiger partial charge in [-0.15, -0.1) is 0 Å². The molecule has 4 nitrogen and oxygen atoms in total. The second-order valence-corrected chi connectivity index (χ2v) is 6.86. The number of halogens is 1. The van der Waals surface area contributed by atoms with Crippen molar-refractivity contribution in [1.29, 1.82) is 0 Å². The molecule has 130 valence electrons. The molecule has 2 aliphatic rings. The van der Waals surface area contributed by atoms with E-state index in [0.717, 1.165) is 38.3 Å². The summed E-state index contributed by atoms with van der Waals surface area (Å²) in [5.41, 5.74) is 2.28. The minimum absolute atomic E-state index is 0.105. The standard InChI is InChI=1S/C20H22FN3O/c21-18-8-6-17(7-9-18)13-23-15-19-14-22(10-11-24(19)20(23)25)12-16-4-2-1-3-5-16/h1-9,19H,10-15H2/t19-/m1/s1. The number of fused-ring (bicyclic) bond motifs is 1. The Labute approximate surface area is 147 Å². The van der Waals surface area contributed by atoms with Gasteiger partial charge >= 0.3 is 6.03 Å². The molecule has 1 atom stereocenters. The number of urea groups is 1. The second kappa shape index (κ2) is 6.84. The summed E-state index contributed by atoms with van der Waals surface area (Å²) >= 11 is 0. The SMILES string of the molecule is O=C1N(Cc2ccc(F)cc2)C[C@H]2CN(Cc3ccccc3)CCN12. The molecule has 0 spiro atoms. The number of carbonyl (C=O) groups excluding carboxylic acids is 1. The van der Waals surface area contributed by atoms with Crippen molar-refractivity contribution in [1.82, 2.24) is 14.7 Å². The number of hydrogen-bond donors (Lipinski definition) is 0. The lowest BCUT2D eigenvalue weighted by Crippen LogP contribution is -2.51. The van der Waals surface area contributed by atoms with E-state index < -0.39 is 0 Å². The molecule has 0 N–H and O–H groups in total. The van der Waals surface area contributed by atoms with Crippen molar-refractivity contribution in [3.8, 4) is 0 Å². The summed E-state index contributed by atoms with van der Waals surface area (Å²) in [6.45, 7) is 4.79. The first kappa shape index (κ1) is 16.1. The molecule has 2 aromatic rings. The van der Waals surface area contributed by atoms with Crippen molar-refractivity contribution in [3.05, 3.63) is 71.5 Å². The molecule has 2 heterocycles. The number of nitrogens with zero attached hydrogens (tertiary/aromatic N) is 3. The Bertz CT molecular complexity index is 734. The van der Waals surface area contributed by atoms with Crippen LogP contribution in [0.4, 0.5) is 9.18 Å². The summed E-state index contributed by atoms with van der Waals surface area (Å²) in [7, 11) is 0. The molecule has 0 unspecified atom stereocenters. The van der Waals surface area contributed by atoms with E-state index in [1.807, 2.05) is 15.9 Å². The zero-order valence-electron chi connectivity index (χ0n) is 14.1. The van der Waals surface area contributed by atoms with E-state index in [1.165, 1.54) is 17.7 Å². The lowest BCUT2D eigenvalue weighted by atomic mass is 10.1. The molecule has 2 aromatic carbocycles. The largest absolute Gasteiger partial charge is 0.320 e. The Balaban J connectivity index is 1.38. The first-order chi connectivity index (χ1) is 12.2. The van der Waals surface area contributed by atoms with Crippen LogP contribution in [0.1, 0.15) is 11.1 Å². The van der Waals surface area contributed by atoms with E-state index in [0.29, 0.717) is 6.54 Å². The zero-order chi connectivity index (χ0) is 17.2. The Hall–Kier alpha value is -2.40. The maximum absolute atomic E-state index is 13.0. The average Bonchev–Trinajstić information content (AvgIpc) is 2.93. The molecule has 2 aliphatic heterocycles. The van der Waals surface area contributed by atoms with Crippen LogP contribution in [-0.4, -0.2) is 53.0 Å². The highest BCUT2D eigenvalue weighted by atomic mass is 19.1. The molecule has 0 aromatic heterocycles. The van der Waals surface area contributed by atoms with Gasteiger partial charge in [0.25, 0.3) is 0 Å².